The Morgan fingerprint density at radius 2 is 1.67 bits per heavy atom. The standard InChI is InChI=1S/C22H36O2/c1-14(23)19-7-8-20-18-6-4-5-15-13-21(2,24)11-9-16(15)17(18)10-12-22(19,20)3/h15-20,24H,4-13H2,1-3H3/t15-,16-,17+,18+,19+,20-,21+,22+/m0/s1. The summed E-state index contributed by atoms with van der Waals surface area (Å²) in [6.07, 6.45) is 12.3. The number of aliphatic hydroxyl groups is 1. The van der Waals surface area contributed by atoms with Crippen molar-refractivity contribution in [2.75, 3.05) is 0 Å². The summed E-state index contributed by atoms with van der Waals surface area (Å²) in [7, 11) is 0. The van der Waals surface area contributed by atoms with Gasteiger partial charge in [-0.2, -0.15) is 0 Å². The zero-order valence-corrected chi connectivity index (χ0v) is 15.9. The van der Waals surface area contributed by atoms with Crippen LogP contribution >= 0.6 is 0 Å². The van der Waals surface area contributed by atoms with E-state index in [9.17, 15) is 9.90 Å². The van der Waals surface area contributed by atoms with Crippen molar-refractivity contribution in [3.63, 3.8) is 0 Å². The van der Waals surface area contributed by atoms with E-state index in [-0.39, 0.29) is 5.41 Å². The van der Waals surface area contributed by atoms with Crippen molar-refractivity contribution in [2.45, 2.75) is 90.6 Å². The molecule has 0 bridgehead atoms. The molecule has 4 aliphatic carbocycles. The molecule has 4 fully saturated rings. The van der Waals surface area contributed by atoms with E-state index >= 15 is 0 Å². The van der Waals surface area contributed by atoms with Crippen LogP contribution in [0.4, 0.5) is 0 Å². The molecular weight excluding hydrogens is 296 g/mol. The highest BCUT2D eigenvalue weighted by Gasteiger charge is 2.57. The molecular formula is C22H36O2. The summed E-state index contributed by atoms with van der Waals surface area (Å²) in [5, 5.41) is 10.6. The van der Waals surface area contributed by atoms with Gasteiger partial charge in [0.2, 0.25) is 0 Å². The van der Waals surface area contributed by atoms with Gasteiger partial charge in [-0.15, -0.1) is 0 Å². The first-order chi connectivity index (χ1) is 11.3. The van der Waals surface area contributed by atoms with Crippen molar-refractivity contribution in [1.82, 2.24) is 0 Å². The van der Waals surface area contributed by atoms with Crippen LogP contribution in [0.25, 0.3) is 0 Å². The van der Waals surface area contributed by atoms with Gasteiger partial charge in [0.25, 0.3) is 0 Å². The van der Waals surface area contributed by atoms with Crippen LogP contribution < -0.4 is 0 Å². The summed E-state index contributed by atoms with van der Waals surface area (Å²) in [5.74, 6) is 4.87. The van der Waals surface area contributed by atoms with Crippen LogP contribution in [0, 0.1) is 40.9 Å². The topological polar surface area (TPSA) is 37.3 Å². The van der Waals surface area contributed by atoms with Gasteiger partial charge < -0.3 is 5.11 Å². The quantitative estimate of drug-likeness (QED) is 0.735. The van der Waals surface area contributed by atoms with Crippen LogP contribution in [0.1, 0.15) is 85.0 Å². The van der Waals surface area contributed by atoms with Crippen LogP contribution in [0.15, 0.2) is 0 Å². The number of hydrogen-bond donors (Lipinski definition) is 1. The molecule has 2 nitrogen and oxygen atoms in total. The van der Waals surface area contributed by atoms with Crippen molar-refractivity contribution in [3.05, 3.63) is 0 Å². The minimum absolute atomic E-state index is 0.285. The zero-order chi connectivity index (χ0) is 17.1. The number of Topliss-reactive ketones (excluding diaryl/α,β-unsaturated/α-hetero) is 1. The lowest BCUT2D eigenvalue weighted by molar-refractivity contribution is -0.127. The van der Waals surface area contributed by atoms with Crippen molar-refractivity contribution in [2.24, 2.45) is 40.9 Å². The smallest absolute Gasteiger partial charge is 0.133 e. The first kappa shape index (κ1) is 17.1. The number of rotatable bonds is 1. The van der Waals surface area contributed by atoms with Crippen LogP contribution in [0.5, 0.6) is 0 Å². The third-order valence-corrected chi connectivity index (χ3v) is 8.97. The van der Waals surface area contributed by atoms with Gasteiger partial charge in [0.15, 0.2) is 0 Å². The highest BCUT2D eigenvalue weighted by atomic mass is 16.3. The fourth-order valence-electron chi connectivity index (χ4n) is 7.96. The van der Waals surface area contributed by atoms with Gasteiger partial charge in [-0.25, -0.2) is 0 Å². The maximum Gasteiger partial charge on any atom is 0.133 e. The van der Waals surface area contributed by atoms with E-state index in [4.69, 9.17) is 0 Å². The highest BCUT2D eigenvalue weighted by molar-refractivity contribution is 5.79. The molecule has 8 atom stereocenters. The van der Waals surface area contributed by atoms with Gasteiger partial charge in [0.05, 0.1) is 5.60 Å². The van der Waals surface area contributed by atoms with Gasteiger partial charge in [0.1, 0.15) is 5.78 Å². The minimum Gasteiger partial charge on any atom is -0.390 e. The molecule has 0 spiro atoms. The average Bonchev–Trinajstić information content (AvgIpc) is 2.75. The second kappa shape index (κ2) is 5.83. The van der Waals surface area contributed by atoms with E-state index in [0.29, 0.717) is 11.7 Å². The number of hydrogen-bond acceptors (Lipinski definition) is 2. The predicted octanol–water partition coefficient (Wildman–Crippen LogP) is 4.99. The summed E-state index contributed by atoms with van der Waals surface area (Å²) < 4.78 is 0. The molecule has 0 saturated heterocycles. The van der Waals surface area contributed by atoms with Gasteiger partial charge in [-0.3, -0.25) is 4.79 Å². The third kappa shape index (κ3) is 2.59. The summed E-state index contributed by atoms with van der Waals surface area (Å²) in [6, 6.07) is 0. The lowest BCUT2D eigenvalue weighted by Gasteiger charge is -2.52. The molecule has 0 aromatic heterocycles. The van der Waals surface area contributed by atoms with E-state index in [1.54, 1.807) is 0 Å². The van der Waals surface area contributed by atoms with E-state index in [2.05, 4.69) is 13.8 Å². The van der Waals surface area contributed by atoms with Gasteiger partial charge >= 0.3 is 0 Å². The summed E-state index contributed by atoms with van der Waals surface area (Å²) in [6.45, 7) is 6.33. The van der Waals surface area contributed by atoms with Crippen molar-refractivity contribution in [1.29, 1.82) is 0 Å². The van der Waals surface area contributed by atoms with Crippen LogP contribution in [-0.2, 0) is 4.79 Å². The van der Waals surface area contributed by atoms with Gasteiger partial charge in [-0.1, -0.05) is 19.8 Å². The SMILES string of the molecule is CC(=O)[C@H]1CC[C@H]2[C@@H]3CCC[C@H]4C[C@](C)(O)CC[C@@H]4[C@H]3CC[C@]12C. The van der Waals surface area contributed by atoms with Crippen LogP contribution in [0.2, 0.25) is 0 Å². The number of carbonyl (C=O) groups is 1. The molecule has 1 N–H and O–H groups in total. The van der Waals surface area contributed by atoms with E-state index in [1.165, 1.54) is 44.9 Å². The first-order valence-corrected chi connectivity index (χ1v) is 10.5. The Kier molecular flexibility index (Phi) is 4.14. The third-order valence-electron chi connectivity index (χ3n) is 8.97. The second-order valence-corrected chi connectivity index (χ2v) is 10.3. The predicted molar refractivity (Wildman–Crippen MR) is 96.5 cm³/mol. The molecule has 2 heteroatoms. The first-order valence-electron chi connectivity index (χ1n) is 10.5. The molecule has 0 amide bonds. The fourth-order valence-corrected chi connectivity index (χ4v) is 7.96. The number of ketones is 1. The zero-order valence-electron chi connectivity index (χ0n) is 15.9. The summed E-state index contributed by atoms with van der Waals surface area (Å²) in [5.41, 5.74) is -0.135. The van der Waals surface area contributed by atoms with Gasteiger partial charge in [-0.05, 0) is 100 Å². The second-order valence-electron chi connectivity index (χ2n) is 10.3. The van der Waals surface area contributed by atoms with Crippen molar-refractivity contribution >= 4 is 5.78 Å². The lowest BCUT2D eigenvalue weighted by Crippen LogP contribution is -2.47. The Bertz CT molecular complexity index is 510. The Balaban J connectivity index is 1.59. The molecule has 4 saturated carbocycles. The monoisotopic (exact) mass is 332 g/mol. The van der Waals surface area contributed by atoms with Crippen LogP contribution in [0.3, 0.4) is 0 Å². The molecule has 0 aromatic rings. The largest absolute Gasteiger partial charge is 0.390 e. The summed E-state index contributed by atoms with van der Waals surface area (Å²) in [4.78, 5) is 12.2. The molecule has 4 aliphatic rings. The number of fused-ring (bicyclic) bond motifs is 5. The Morgan fingerprint density at radius 3 is 2.42 bits per heavy atom. The highest BCUT2D eigenvalue weighted by Crippen LogP contribution is 2.63. The van der Waals surface area contributed by atoms with Crippen molar-refractivity contribution in [3.8, 4) is 0 Å². The maximum atomic E-state index is 12.2. The van der Waals surface area contributed by atoms with Crippen molar-refractivity contribution < 1.29 is 9.90 Å². The molecule has 0 radical (unpaired) electrons. The molecule has 0 aromatic carbocycles. The average molecular weight is 333 g/mol. The van der Waals surface area contributed by atoms with E-state index in [0.717, 1.165) is 48.9 Å². The Labute approximate surface area is 147 Å². The fraction of sp³-hybridized carbons (Fsp3) is 0.955. The maximum absolute atomic E-state index is 12.2. The lowest BCUT2D eigenvalue weighted by atomic mass is 9.53. The molecule has 136 valence electrons. The Morgan fingerprint density at radius 1 is 0.917 bits per heavy atom. The minimum atomic E-state index is -0.419. The molecule has 4 rings (SSSR count). The van der Waals surface area contributed by atoms with Crippen LogP contribution in [-0.4, -0.2) is 16.5 Å². The van der Waals surface area contributed by atoms with E-state index < -0.39 is 5.60 Å². The molecule has 0 heterocycles. The molecule has 0 unspecified atom stereocenters. The molecule has 0 aliphatic heterocycles. The van der Waals surface area contributed by atoms with Gasteiger partial charge in [0, 0.05) is 5.92 Å². The summed E-state index contributed by atoms with van der Waals surface area (Å²) >= 11 is 0. The molecule has 24 heavy (non-hydrogen) atoms. The van der Waals surface area contributed by atoms with E-state index in [1.807, 2.05) is 6.92 Å². The Hall–Kier alpha value is -0.370. The number of carbonyl (C=O) groups excluding carboxylic acids is 1. The normalized spacial score (nSPS) is 54.3.